The highest BCUT2D eigenvalue weighted by Crippen LogP contribution is 2.45. The van der Waals surface area contributed by atoms with Crippen LogP contribution in [-0.2, 0) is 48.7 Å². The largest absolute Gasteiger partial charge is 0.423 e. The van der Waals surface area contributed by atoms with E-state index in [-0.39, 0.29) is 48.7 Å². The highest BCUT2D eigenvalue weighted by molar-refractivity contribution is 5.63. The minimum absolute atomic E-state index is 0.0933. The van der Waals surface area contributed by atoms with Crippen LogP contribution in [0.15, 0.2) is 237 Å². The fourth-order valence-electron chi connectivity index (χ4n) is 11.4. The third-order valence-corrected chi connectivity index (χ3v) is 17.9. The summed E-state index contributed by atoms with van der Waals surface area (Å²) in [6.07, 6.45) is 5.48. The molecule has 0 unspecified atom stereocenters. The Balaban J connectivity index is 0.000000161. The number of aromatic nitrogens is 8. The molecule has 0 radical (unpaired) electrons. The third kappa shape index (κ3) is 20.3. The van der Waals surface area contributed by atoms with E-state index in [9.17, 15) is 0 Å². The summed E-state index contributed by atoms with van der Waals surface area (Å²) in [5, 5.41) is 31.1. The molecular formula is C89H108N8O4. The van der Waals surface area contributed by atoms with E-state index in [1.165, 1.54) is 92.3 Å². The molecule has 0 aliphatic rings. The molecule has 101 heavy (non-hydrogen) atoms. The van der Waals surface area contributed by atoms with Gasteiger partial charge < -0.3 is 17.7 Å². The molecule has 0 saturated heterocycles. The molecule has 0 bridgehead atoms. The molecule has 0 amide bonds. The van der Waals surface area contributed by atoms with Crippen LogP contribution in [0.2, 0.25) is 0 Å². The van der Waals surface area contributed by atoms with Gasteiger partial charge in [-0.1, -0.05) is 312 Å². The molecule has 528 valence electrons. The normalized spacial score (nSPS) is 12.4. The maximum Gasteiger partial charge on any atom is 0.247 e. The summed E-state index contributed by atoms with van der Waals surface area (Å²) in [6, 6.07) is 69.4. The average Bonchev–Trinajstić information content (AvgIpc) is 1.23. The van der Waals surface area contributed by atoms with Crippen LogP contribution in [0.3, 0.4) is 0 Å². The van der Waals surface area contributed by atoms with Crippen molar-refractivity contribution in [2.24, 2.45) is 0 Å². The summed E-state index contributed by atoms with van der Waals surface area (Å²) >= 11 is 0. The van der Waals surface area contributed by atoms with Gasteiger partial charge in [-0.25, -0.2) is 0 Å². The van der Waals surface area contributed by atoms with Crippen molar-refractivity contribution in [1.82, 2.24) is 40.8 Å². The molecule has 12 heteroatoms. The highest BCUT2D eigenvalue weighted by Gasteiger charge is 2.38. The predicted octanol–water partition coefficient (Wildman–Crippen LogP) is 23.4. The first-order valence-corrected chi connectivity index (χ1v) is 35.1. The smallest absolute Gasteiger partial charge is 0.247 e. The molecular weight excluding hydrogens is 1250 g/mol. The first-order chi connectivity index (χ1) is 47.1. The Bertz CT molecular complexity index is 3770. The zero-order chi connectivity index (χ0) is 74.0. The Morgan fingerprint density at radius 1 is 0.188 bits per heavy atom. The molecule has 0 aliphatic heterocycles. The lowest BCUT2D eigenvalue weighted by Gasteiger charge is -2.36. The Morgan fingerprint density at radius 3 is 0.455 bits per heavy atom. The fourth-order valence-corrected chi connectivity index (χ4v) is 11.4. The van der Waals surface area contributed by atoms with Gasteiger partial charge >= 0.3 is 0 Å². The molecule has 0 spiro atoms. The van der Waals surface area contributed by atoms with Crippen LogP contribution in [0.5, 0.6) is 0 Å². The first kappa shape index (κ1) is 77.1. The van der Waals surface area contributed by atoms with E-state index >= 15 is 0 Å². The summed E-state index contributed by atoms with van der Waals surface area (Å²) in [5.41, 5.74) is 19.8. The van der Waals surface area contributed by atoms with Crippen molar-refractivity contribution in [1.29, 1.82) is 0 Å². The quantitative estimate of drug-likeness (QED) is 0.133. The lowest BCUT2D eigenvalue weighted by Crippen LogP contribution is -2.30. The Kier molecular flexibility index (Phi) is 23.7. The maximum atomic E-state index is 5.33. The number of hydrogen-bond donors (Lipinski definition) is 0. The van der Waals surface area contributed by atoms with Crippen molar-refractivity contribution < 1.29 is 17.7 Å². The second-order valence-electron chi connectivity index (χ2n) is 34.4. The Hall–Kier alpha value is -9.68. The molecule has 0 fully saturated rings. The lowest BCUT2D eigenvalue weighted by atomic mass is 9.65. The van der Waals surface area contributed by atoms with Crippen LogP contribution < -0.4 is 0 Å². The summed E-state index contributed by atoms with van der Waals surface area (Å²) in [4.78, 5) is 0. The van der Waals surface area contributed by atoms with Crippen LogP contribution in [-0.4, -0.2) is 40.8 Å². The number of nitrogens with zero attached hydrogens (tertiary/aromatic N) is 8. The van der Waals surface area contributed by atoms with Crippen molar-refractivity contribution in [3.8, 4) is 45.8 Å². The Morgan fingerprint density at radius 2 is 0.337 bits per heavy atom. The molecule has 12 rings (SSSR count). The van der Waals surface area contributed by atoms with Gasteiger partial charge in [0.1, 0.15) is 0 Å². The van der Waals surface area contributed by atoms with Crippen molar-refractivity contribution in [2.45, 2.75) is 215 Å². The highest BCUT2D eigenvalue weighted by atomic mass is 16.4. The number of benzene rings is 8. The van der Waals surface area contributed by atoms with Crippen molar-refractivity contribution in [3.05, 3.63) is 286 Å². The average molecular weight is 1350 g/mol. The van der Waals surface area contributed by atoms with Gasteiger partial charge in [-0.3, -0.25) is 0 Å². The monoisotopic (exact) mass is 1350 g/mol. The zero-order valence-corrected chi connectivity index (χ0v) is 64.5. The number of hydrogen-bond acceptors (Lipinski definition) is 12. The molecule has 0 aliphatic carbocycles. The van der Waals surface area contributed by atoms with E-state index in [4.69, 9.17) is 17.7 Å². The molecule has 8 aromatic carbocycles. The molecule has 0 N–H and O–H groups in total. The zero-order valence-electron chi connectivity index (χ0n) is 64.5. The SMILES string of the molecule is CC(C)(C)c1cc(-c2nnco2)cc(C(C)(C)C)c1.CC(C)(C)c1cc(-c2nnco2)cc(C(C)(C)C)c1.CC(C)(C)c1cc(-c2nnco2)cc(C(C)(C)C)c1.CC(C)(C)c1cc(-c2nnco2)cc(C(C)(C)C)c1.c1ccc(C(c2ccccc2)(c2ccccc2)c2ccccc2)cc1. The van der Waals surface area contributed by atoms with E-state index in [1.54, 1.807) is 0 Å². The lowest BCUT2D eigenvalue weighted by molar-refractivity contribution is 0.558. The first-order valence-electron chi connectivity index (χ1n) is 35.1. The van der Waals surface area contributed by atoms with Crippen LogP contribution in [0.1, 0.15) is 233 Å². The Labute approximate surface area is 602 Å². The van der Waals surface area contributed by atoms with Crippen molar-refractivity contribution in [3.63, 3.8) is 0 Å². The van der Waals surface area contributed by atoms with Gasteiger partial charge in [0.05, 0.1) is 5.41 Å². The van der Waals surface area contributed by atoms with E-state index in [0.717, 1.165) is 22.3 Å². The van der Waals surface area contributed by atoms with E-state index < -0.39 is 0 Å². The fraction of sp³-hybridized carbons (Fsp3) is 0.371. The van der Waals surface area contributed by atoms with Crippen LogP contribution in [0.25, 0.3) is 45.8 Å². The molecule has 12 nitrogen and oxygen atoms in total. The molecule has 0 saturated carbocycles. The second-order valence-corrected chi connectivity index (χ2v) is 34.4. The number of rotatable bonds is 8. The second kappa shape index (κ2) is 31.1. The minimum Gasteiger partial charge on any atom is -0.423 e. The van der Waals surface area contributed by atoms with Crippen LogP contribution in [0.4, 0.5) is 0 Å². The van der Waals surface area contributed by atoms with Gasteiger partial charge in [0.2, 0.25) is 49.1 Å². The topological polar surface area (TPSA) is 156 Å². The molecule has 4 heterocycles. The molecule has 12 aromatic rings. The summed E-state index contributed by atoms with van der Waals surface area (Å²) in [5.74, 6) is 2.32. The van der Waals surface area contributed by atoms with E-state index in [2.05, 4.69) is 401 Å². The van der Waals surface area contributed by atoms with Gasteiger partial charge in [0.15, 0.2) is 0 Å². The van der Waals surface area contributed by atoms with Gasteiger partial charge in [0, 0.05) is 22.3 Å². The minimum atomic E-state index is -0.328. The van der Waals surface area contributed by atoms with Crippen molar-refractivity contribution >= 4 is 0 Å². The van der Waals surface area contributed by atoms with E-state index in [0.29, 0.717) is 23.6 Å². The standard InChI is InChI=1S/C25H20.4C16H22N2O/c1-5-13-21(14-6-1)25(22-15-7-2-8-16-22,23-17-9-3-10-18-23)24-19-11-4-12-20-24;4*1-15(2,3)12-7-11(14-18-17-10-19-14)8-13(9-12)16(4,5)6/h1-20H;4*7-10H,1-6H3. The van der Waals surface area contributed by atoms with E-state index in [1.807, 2.05) is 0 Å². The predicted molar refractivity (Wildman–Crippen MR) is 413 cm³/mol. The van der Waals surface area contributed by atoms with Crippen LogP contribution in [0, 0.1) is 0 Å². The maximum absolute atomic E-state index is 5.33. The summed E-state index contributed by atoms with van der Waals surface area (Å²) < 4.78 is 21.3. The summed E-state index contributed by atoms with van der Waals surface area (Å²) in [7, 11) is 0. The van der Waals surface area contributed by atoms with Gasteiger partial charge in [-0.15, -0.1) is 40.8 Å². The van der Waals surface area contributed by atoms with Gasteiger partial charge in [0.25, 0.3) is 0 Å². The van der Waals surface area contributed by atoms with Gasteiger partial charge in [-0.05, 0) is 159 Å². The van der Waals surface area contributed by atoms with Gasteiger partial charge in [-0.2, -0.15) is 0 Å². The van der Waals surface area contributed by atoms with Crippen molar-refractivity contribution in [2.75, 3.05) is 0 Å². The molecule has 4 aromatic heterocycles. The summed E-state index contributed by atoms with van der Waals surface area (Å²) in [6.45, 7) is 53.2. The molecule has 0 atom stereocenters. The van der Waals surface area contributed by atoms with Crippen LogP contribution >= 0.6 is 0 Å². The third-order valence-electron chi connectivity index (χ3n) is 17.9.